The van der Waals surface area contributed by atoms with Crippen LogP contribution < -0.4 is 11.1 Å². The highest BCUT2D eigenvalue weighted by molar-refractivity contribution is 6.06. The van der Waals surface area contributed by atoms with Gasteiger partial charge in [0.25, 0.3) is 5.91 Å². The van der Waals surface area contributed by atoms with Gasteiger partial charge in [0, 0.05) is 11.7 Å². The zero-order valence-corrected chi connectivity index (χ0v) is 29.2. The number of nitrogens with two attached hydrogens (primary N) is 1. The average Bonchev–Trinajstić information content (AvgIpc) is 3.35. The molecule has 8 heteroatoms. The Morgan fingerprint density at radius 2 is 1.74 bits per heavy atom. The minimum Gasteiger partial charge on any atom is -0.511 e. The molecule has 0 heterocycles. The van der Waals surface area contributed by atoms with Crippen LogP contribution in [0.1, 0.15) is 118 Å². The Hall–Kier alpha value is -2.79. The minimum atomic E-state index is -4.46. The molecule has 3 fully saturated rings. The second kappa shape index (κ2) is 14.8. The lowest BCUT2D eigenvalue weighted by molar-refractivity contribution is -0.137. The number of halogens is 3. The fourth-order valence-electron chi connectivity index (χ4n) is 9.95. The molecule has 0 spiro atoms. The maximum atomic E-state index is 12.3. The number of nitriles is 1. The molecule has 1 amide bonds. The predicted molar refractivity (Wildman–Crippen MR) is 182 cm³/mol. The molecule has 4 aliphatic rings. The first-order chi connectivity index (χ1) is 22.0. The number of alkyl halides is 3. The molecule has 0 saturated heterocycles. The van der Waals surface area contributed by atoms with Gasteiger partial charge in [-0.05, 0) is 129 Å². The molecule has 0 radical (unpaired) electrons. The topological polar surface area (TPSA) is 99.1 Å². The Kier molecular flexibility index (Phi) is 11.6. The largest absolute Gasteiger partial charge is 0.511 e. The van der Waals surface area contributed by atoms with Crippen LogP contribution in [0.5, 0.6) is 0 Å². The number of benzene rings is 1. The van der Waals surface area contributed by atoms with E-state index >= 15 is 0 Å². The molecule has 4 aliphatic carbocycles. The third-order valence-corrected chi connectivity index (χ3v) is 12.5. The number of fused-ring (bicyclic) bond motifs is 5. The molecule has 0 aromatic heterocycles. The van der Waals surface area contributed by atoms with Gasteiger partial charge in [0.05, 0.1) is 5.56 Å². The van der Waals surface area contributed by atoms with E-state index in [4.69, 9.17) is 16.1 Å². The van der Waals surface area contributed by atoms with Gasteiger partial charge < -0.3 is 16.2 Å². The number of hydrogen-bond donors (Lipinski definition) is 3. The monoisotopic (exact) mass is 655 g/mol. The number of carbonyl (C=O) groups is 1. The Morgan fingerprint density at radius 3 is 2.34 bits per heavy atom. The number of allylic oxidation sites excluding steroid dienone is 2. The zero-order valence-electron chi connectivity index (χ0n) is 29.2. The van der Waals surface area contributed by atoms with Crippen LogP contribution in [0.2, 0.25) is 0 Å². The fraction of sp³-hybridized carbons (Fsp3) is 0.692. The first-order valence-corrected chi connectivity index (χ1v) is 17.7. The van der Waals surface area contributed by atoms with E-state index in [0.717, 1.165) is 66.7 Å². The lowest BCUT2D eigenvalue weighted by Crippen LogP contribution is -2.51. The summed E-state index contributed by atoms with van der Waals surface area (Å²) in [5.74, 6) is 4.28. The van der Waals surface area contributed by atoms with Crippen molar-refractivity contribution in [1.29, 1.82) is 5.26 Å². The predicted octanol–water partition coefficient (Wildman–Crippen LogP) is 10.4. The van der Waals surface area contributed by atoms with Gasteiger partial charge in [0.15, 0.2) is 5.57 Å². The van der Waals surface area contributed by atoms with Crippen LogP contribution in [0.25, 0.3) is 0 Å². The second-order valence-electron chi connectivity index (χ2n) is 15.9. The number of nitrogens with zero attached hydrogens (tertiary/aromatic N) is 1. The summed E-state index contributed by atoms with van der Waals surface area (Å²) in [5.41, 5.74) is 7.92. The maximum absolute atomic E-state index is 12.3. The van der Waals surface area contributed by atoms with Crippen LogP contribution in [-0.2, 0) is 11.0 Å². The van der Waals surface area contributed by atoms with Gasteiger partial charge in [-0.3, -0.25) is 4.79 Å². The molecule has 1 aromatic carbocycles. The van der Waals surface area contributed by atoms with Gasteiger partial charge in [-0.15, -0.1) is 0 Å². The molecule has 4 N–H and O–H groups in total. The Morgan fingerprint density at radius 1 is 1.06 bits per heavy atom. The van der Waals surface area contributed by atoms with Crippen molar-refractivity contribution in [2.45, 2.75) is 124 Å². The van der Waals surface area contributed by atoms with E-state index in [0.29, 0.717) is 16.9 Å². The minimum absolute atomic E-state index is 0.0898. The average molecular weight is 656 g/mol. The third-order valence-electron chi connectivity index (χ3n) is 12.5. The number of nitrogens with one attached hydrogen (secondary N) is 1. The lowest BCUT2D eigenvalue weighted by atomic mass is 9.47. The number of aliphatic hydroxyl groups excluding tert-OH is 1. The summed E-state index contributed by atoms with van der Waals surface area (Å²) in [6.07, 6.45) is 13.6. The number of hydrogen-bond acceptors (Lipinski definition) is 4. The van der Waals surface area contributed by atoms with Crippen molar-refractivity contribution in [3.8, 4) is 6.07 Å². The Labute approximate surface area is 280 Å². The molecule has 0 aliphatic heterocycles. The summed E-state index contributed by atoms with van der Waals surface area (Å²) < 4.78 is 36.9. The Bertz CT molecular complexity index is 1360. The van der Waals surface area contributed by atoms with Crippen LogP contribution in [0.3, 0.4) is 0 Å². The van der Waals surface area contributed by atoms with Crippen molar-refractivity contribution in [2.24, 2.45) is 52.1 Å². The van der Waals surface area contributed by atoms with E-state index in [9.17, 15) is 18.0 Å². The van der Waals surface area contributed by atoms with E-state index < -0.39 is 29.0 Å². The van der Waals surface area contributed by atoms with Crippen LogP contribution in [-0.4, -0.2) is 17.1 Å². The van der Waals surface area contributed by atoms with E-state index in [1.165, 1.54) is 76.7 Å². The molecular formula is C39H56F3N3O2. The van der Waals surface area contributed by atoms with E-state index in [2.05, 4.69) is 46.0 Å². The summed E-state index contributed by atoms with van der Waals surface area (Å²) in [5, 5.41) is 19.9. The molecule has 0 bridgehead atoms. The van der Waals surface area contributed by atoms with Gasteiger partial charge >= 0.3 is 6.18 Å². The quantitative estimate of drug-likeness (QED) is 0.118. The highest BCUT2D eigenvalue weighted by Gasteiger charge is 2.59. The molecule has 47 heavy (non-hydrogen) atoms. The van der Waals surface area contributed by atoms with E-state index in [1.807, 2.05) is 0 Å². The standard InChI is InChI=1S/C27H47N.C12H9F3N2O2/c1-18(2)7-6-8-19(3)23-11-12-24-22-10-9-20-17-21(28)13-15-26(20,4)25(22)14-16-27(23,24)5;1-7(18)10(6-16)11(19)17-9-4-2-8(3-5-9)12(13,14)15/h9,18-19,21-25H,6-8,10-17,28H2,1-5H3;2-5,18H,1H3,(H,17,19)/b;10-7-/t19-,21+,22+,23-,24+,25+,26+,27-;/m1./s1. The van der Waals surface area contributed by atoms with E-state index in [1.54, 1.807) is 5.57 Å². The third kappa shape index (κ3) is 8.10. The summed E-state index contributed by atoms with van der Waals surface area (Å²) in [6.45, 7) is 13.8. The molecule has 5 rings (SSSR count). The van der Waals surface area contributed by atoms with Crippen molar-refractivity contribution in [2.75, 3.05) is 5.32 Å². The van der Waals surface area contributed by atoms with E-state index in [-0.39, 0.29) is 5.69 Å². The number of anilines is 1. The van der Waals surface area contributed by atoms with Crippen molar-refractivity contribution in [3.63, 3.8) is 0 Å². The maximum Gasteiger partial charge on any atom is 0.416 e. The second-order valence-corrected chi connectivity index (χ2v) is 15.9. The summed E-state index contributed by atoms with van der Waals surface area (Å²) in [6, 6.07) is 5.64. The number of amides is 1. The highest BCUT2D eigenvalue weighted by atomic mass is 19.4. The molecule has 0 unspecified atom stereocenters. The molecule has 3 saturated carbocycles. The zero-order chi connectivity index (χ0) is 34.7. The van der Waals surface area contributed by atoms with Crippen LogP contribution in [0.4, 0.5) is 18.9 Å². The van der Waals surface area contributed by atoms with Crippen molar-refractivity contribution in [1.82, 2.24) is 0 Å². The SMILES string of the molecule is C/C(O)=C(\C#N)C(=O)Nc1ccc(C(F)(F)F)cc1.CC(C)CCC[C@@H](C)[C@H]1CC[C@H]2[C@@H]3CC=C4C[C@@H](N)CC[C@]4(C)[C@H]3CC[C@]12C. The first kappa shape index (κ1) is 37.0. The normalized spacial score (nSPS) is 32.7. The van der Waals surface area contributed by atoms with Gasteiger partial charge in [0.2, 0.25) is 0 Å². The number of aliphatic hydroxyl groups is 1. The summed E-state index contributed by atoms with van der Waals surface area (Å²) in [7, 11) is 0. The van der Waals surface area contributed by atoms with Crippen molar-refractivity contribution in [3.05, 3.63) is 52.8 Å². The van der Waals surface area contributed by atoms with Crippen LogP contribution in [0, 0.1) is 57.7 Å². The van der Waals surface area contributed by atoms with Crippen LogP contribution >= 0.6 is 0 Å². The lowest BCUT2D eigenvalue weighted by Gasteiger charge is -2.58. The molecular weight excluding hydrogens is 599 g/mol. The van der Waals surface area contributed by atoms with Gasteiger partial charge in [-0.2, -0.15) is 18.4 Å². The summed E-state index contributed by atoms with van der Waals surface area (Å²) >= 11 is 0. The fourth-order valence-corrected chi connectivity index (χ4v) is 9.95. The molecule has 8 atom stereocenters. The van der Waals surface area contributed by atoms with Crippen LogP contribution in [0.15, 0.2) is 47.2 Å². The van der Waals surface area contributed by atoms with Crippen molar-refractivity contribution < 1.29 is 23.1 Å². The first-order valence-electron chi connectivity index (χ1n) is 17.7. The Balaban J connectivity index is 0.000000231. The molecule has 1 aromatic rings. The van der Waals surface area contributed by atoms with Gasteiger partial charge in [0.1, 0.15) is 11.8 Å². The van der Waals surface area contributed by atoms with Gasteiger partial charge in [-0.25, -0.2) is 0 Å². The molecule has 260 valence electrons. The number of rotatable bonds is 7. The van der Waals surface area contributed by atoms with Crippen molar-refractivity contribution >= 4 is 11.6 Å². The smallest absolute Gasteiger partial charge is 0.416 e. The molecule has 5 nitrogen and oxygen atoms in total. The highest BCUT2D eigenvalue weighted by Crippen LogP contribution is 2.67. The number of carbonyl (C=O) groups excluding carboxylic acids is 1. The van der Waals surface area contributed by atoms with Gasteiger partial charge in [-0.1, -0.05) is 65.5 Å². The summed E-state index contributed by atoms with van der Waals surface area (Å²) in [4.78, 5) is 11.5.